The average molecular weight is 290 g/mol. The second-order valence-corrected chi connectivity index (χ2v) is 6.04. The molecule has 0 aliphatic carbocycles. The van der Waals surface area contributed by atoms with Crippen LogP contribution in [0, 0.1) is 5.41 Å². The minimum absolute atomic E-state index is 0.342. The zero-order chi connectivity index (χ0) is 16.3. The second-order valence-electron chi connectivity index (χ2n) is 6.04. The van der Waals surface area contributed by atoms with Crippen molar-refractivity contribution in [3.05, 3.63) is 35.9 Å². The van der Waals surface area contributed by atoms with E-state index in [9.17, 15) is 14.7 Å². The van der Waals surface area contributed by atoms with Crippen molar-refractivity contribution in [2.45, 2.75) is 33.2 Å². The van der Waals surface area contributed by atoms with Gasteiger partial charge in [0.1, 0.15) is 0 Å². The van der Waals surface area contributed by atoms with Gasteiger partial charge in [0.25, 0.3) is 0 Å². The van der Waals surface area contributed by atoms with E-state index in [1.165, 1.54) is 6.08 Å². The molecule has 21 heavy (non-hydrogen) atoms. The lowest BCUT2D eigenvalue weighted by atomic mass is 9.74. The van der Waals surface area contributed by atoms with Crippen molar-refractivity contribution in [3.8, 4) is 0 Å². The molecule has 5 nitrogen and oxygen atoms in total. The SMILES string of the molecule is CC(C)(NC(=O)/C=C/c1ccc(N)cc1)C(C)(C)C(=O)O. The second kappa shape index (κ2) is 5.99. The highest BCUT2D eigenvalue weighted by atomic mass is 16.4. The van der Waals surface area contributed by atoms with E-state index in [0.717, 1.165) is 5.56 Å². The van der Waals surface area contributed by atoms with Crippen LogP contribution in [0.2, 0.25) is 0 Å². The van der Waals surface area contributed by atoms with Crippen LogP contribution in [0.4, 0.5) is 5.69 Å². The Hall–Kier alpha value is -2.30. The van der Waals surface area contributed by atoms with Crippen LogP contribution in [-0.2, 0) is 9.59 Å². The number of nitrogens with one attached hydrogen (secondary N) is 1. The highest BCUT2D eigenvalue weighted by Crippen LogP contribution is 2.30. The number of rotatable bonds is 5. The van der Waals surface area contributed by atoms with Crippen molar-refractivity contribution in [1.29, 1.82) is 0 Å². The Bertz CT molecular complexity index is 557. The molecule has 0 radical (unpaired) electrons. The quantitative estimate of drug-likeness (QED) is 0.573. The normalized spacial score (nSPS) is 12.4. The van der Waals surface area contributed by atoms with Gasteiger partial charge in [-0.2, -0.15) is 0 Å². The van der Waals surface area contributed by atoms with Crippen LogP contribution in [0.1, 0.15) is 33.3 Å². The molecule has 1 aromatic rings. The van der Waals surface area contributed by atoms with E-state index in [1.807, 2.05) is 0 Å². The molecule has 0 atom stereocenters. The van der Waals surface area contributed by atoms with Crippen molar-refractivity contribution in [3.63, 3.8) is 0 Å². The van der Waals surface area contributed by atoms with E-state index < -0.39 is 16.9 Å². The largest absolute Gasteiger partial charge is 0.481 e. The number of aliphatic carboxylic acids is 1. The van der Waals surface area contributed by atoms with Crippen LogP contribution < -0.4 is 11.1 Å². The number of hydrogen-bond acceptors (Lipinski definition) is 3. The molecule has 0 fully saturated rings. The molecule has 0 aliphatic rings. The molecular formula is C16H22N2O3. The summed E-state index contributed by atoms with van der Waals surface area (Å²) < 4.78 is 0. The number of carboxylic acids is 1. The summed E-state index contributed by atoms with van der Waals surface area (Å²) in [6, 6.07) is 7.08. The smallest absolute Gasteiger partial charge is 0.311 e. The summed E-state index contributed by atoms with van der Waals surface area (Å²) in [5, 5.41) is 12.0. The standard InChI is InChI=1S/C16H22N2O3/c1-15(2,14(20)21)16(3,4)18-13(19)10-7-11-5-8-12(17)9-6-11/h5-10H,17H2,1-4H3,(H,18,19)(H,20,21)/b10-7+. The van der Waals surface area contributed by atoms with Crippen LogP contribution in [-0.4, -0.2) is 22.5 Å². The lowest BCUT2D eigenvalue weighted by molar-refractivity contribution is -0.151. The number of anilines is 1. The van der Waals surface area contributed by atoms with Gasteiger partial charge >= 0.3 is 5.97 Å². The van der Waals surface area contributed by atoms with Crippen molar-refractivity contribution in [1.82, 2.24) is 5.32 Å². The van der Waals surface area contributed by atoms with Gasteiger partial charge in [-0.1, -0.05) is 12.1 Å². The number of carbonyl (C=O) groups is 2. The summed E-state index contributed by atoms with van der Waals surface area (Å²) in [4.78, 5) is 23.2. The van der Waals surface area contributed by atoms with Crippen molar-refractivity contribution < 1.29 is 14.7 Å². The molecule has 1 rings (SSSR count). The molecule has 0 bridgehead atoms. The molecule has 0 spiro atoms. The fourth-order valence-electron chi connectivity index (χ4n) is 1.55. The average Bonchev–Trinajstić information content (AvgIpc) is 2.37. The fraction of sp³-hybridized carbons (Fsp3) is 0.375. The van der Waals surface area contributed by atoms with Crippen LogP contribution in [0.25, 0.3) is 6.08 Å². The number of benzene rings is 1. The summed E-state index contributed by atoms with van der Waals surface area (Å²) in [5.41, 5.74) is 5.11. The van der Waals surface area contributed by atoms with Crippen molar-refractivity contribution >= 4 is 23.6 Å². The molecule has 1 aromatic carbocycles. The molecule has 114 valence electrons. The Kier molecular flexibility index (Phi) is 4.78. The van der Waals surface area contributed by atoms with E-state index >= 15 is 0 Å². The number of nitrogen functional groups attached to an aromatic ring is 1. The summed E-state index contributed by atoms with van der Waals surface area (Å²) in [6.07, 6.45) is 3.03. The Morgan fingerprint density at radius 3 is 2.14 bits per heavy atom. The number of carboxylic acid groups (broad SMARTS) is 1. The Balaban J connectivity index is 2.77. The maximum Gasteiger partial charge on any atom is 0.311 e. The monoisotopic (exact) mass is 290 g/mol. The zero-order valence-corrected chi connectivity index (χ0v) is 12.8. The lowest BCUT2D eigenvalue weighted by Gasteiger charge is -2.38. The Morgan fingerprint density at radius 1 is 1.14 bits per heavy atom. The van der Waals surface area contributed by atoms with E-state index in [4.69, 9.17) is 5.73 Å². The molecule has 4 N–H and O–H groups in total. The summed E-state index contributed by atoms with van der Waals surface area (Å²) in [7, 11) is 0. The van der Waals surface area contributed by atoms with Gasteiger partial charge in [-0.05, 0) is 51.5 Å². The third-order valence-corrected chi connectivity index (χ3v) is 3.90. The molecule has 1 amide bonds. The highest BCUT2D eigenvalue weighted by molar-refractivity contribution is 5.93. The minimum atomic E-state index is -1.09. The zero-order valence-electron chi connectivity index (χ0n) is 12.8. The Labute approximate surface area is 124 Å². The van der Waals surface area contributed by atoms with Crippen LogP contribution >= 0.6 is 0 Å². The minimum Gasteiger partial charge on any atom is -0.481 e. The first-order valence-corrected chi connectivity index (χ1v) is 6.65. The van der Waals surface area contributed by atoms with E-state index in [-0.39, 0.29) is 5.91 Å². The highest BCUT2D eigenvalue weighted by Gasteiger charge is 2.44. The fourth-order valence-corrected chi connectivity index (χ4v) is 1.55. The number of hydrogen-bond donors (Lipinski definition) is 3. The molecule has 0 aliphatic heterocycles. The predicted octanol–water partition coefficient (Wildman–Crippen LogP) is 2.29. The third kappa shape index (κ3) is 4.08. The topological polar surface area (TPSA) is 92.4 Å². The molecule has 0 aromatic heterocycles. The van der Waals surface area contributed by atoms with Crippen LogP contribution in [0.5, 0.6) is 0 Å². The first kappa shape index (κ1) is 16.8. The first-order chi connectivity index (χ1) is 9.56. The van der Waals surface area contributed by atoms with E-state index in [1.54, 1.807) is 58.0 Å². The van der Waals surface area contributed by atoms with Gasteiger partial charge in [-0.25, -0.2) is 0 Å². The lowest BCUT2D eigenvalue weighted by Crippen LogP contribution is -2.56. The number of amides is 1. The van der Waals surface area contributed by atoms with E-state index in [0.29, 0.717) is 5.69 Å². The van der Waals surface area contributed by atoms with Gasteiger partial charge in [0, 0.05) is 11.8 Å². The molecular weight excluding hydrogens is 268 g/mol. The van der Waals surface area contributed by atoms with Gasteiger partial charge < -0.3 is 16.2 Å². The van der Waals surface area contributed by atoms with Gasteiger partial charge in [-0.15, -0.1) is 0 Å². The van der Waals surface area contributed by atoms with Crippen molar-refractivity contribution in [2.24, 2.45) is 5.41 Å². The van der Waals surface area contributed by atoms with Gasteiger partial charge in [0.15, 0.2) is 0 Å². The number of carbonyl (C=O) groups excluding carboxylic acids is 1. The third-order valence-electron chi connectivity index (χ3n) is 3.90. The molecule has 5 heteroatoms. The van der Waals surface area contributed by atoms with Gasteiger partial charge in [-0.3, -0.25) is 9.59 Å². The summed E-state index contributed by atoms with van der Waals surface area (Å²) >= 11 is 0. The predicted molar refractivity (Wildman–Crippen MR) is 83.5 cm³/mol. The summed E-state index contributed by atoms with van der Waals surface area (Å²) in [6.45, 7) is 6.55. The van der Waals surface area contributed by atoms with E-state index in [2.05, 4.69) is 5.32 Å². The molecule has 0 unspecified atom stereocenters. The van der Waals surface area contributed by atoms with Crippen LogP contribution in [0.15, 0.2) is 30.3 Å². The van der Waals surface area contributed by atoms with Gasteiger partial charge in [0.2, 0.25) is 5.91 Å². The first-order valence-electron chi connectivity index (χ1n) is 6.65. The molecule has 0 saturated heterocycles. The molecule has 0 heterocycles. The molecule has 0 saturated carbocycles. The van der Waals surface area contributed by atoms with Crippen LogP contribution in [0.3, 0.4) is 0 Å². The van der Waals surface area contributed by atoms with Gasteiger partial charge in [0.05, 0.1) is 11.0 Å². The Morgan fingerprint density at radius 2 is 1.67 bits per heavy atom. The maximum atomic E-state index is 12.0. The number of nitrogens with two attached hydrogens (primary N) is 1. The van der Waals surface area contributed by atoms with Crippen molar-refractivity contribution in [2.75, 3.05) is 5.73 Å². The summed E-state index contributed by atoms with van der Waals surface area (Å²) in [5.74, 6) is -1.30. The maximum absolute atomic E-state index is 12.0.